The van der Waals surface area contributed by atoms with Crippen LogP contribution in [0.15, 0.2) is 72.8 Å². The van der Waals surface area contributed by atoms with Crippen molar-refractivity contribution in [3.8, 4) is 0 Å². The first-order chi connectivity index (χ1) is 17.6. The van der Waals surface area contributed by atoms with Crippen LogP contribution >= 0.6 is 11.6 Å². The van der Waals surface area contributed by atoms with Crippen LogP contribution < -0.4 is 4.90 Å². The van der Waals surface area contributed by atoms with E-state index in [1.165, 1.54) is 0 Å². The molecular formula is C30H23ClN2O3. The molecule has 5 nitrogen and oxygen atoms in total. The van der Waals surface area contributed by atoms with Gasteiger partial charge in [-0.25, -0.2) is 9.78 Å². The third-order valence-corrected chi connectivity index (χ3v) is 7.12. The monoisotopic (exact) mass is 494 g/mol. The van der Waals surface area contributed by atoms with E-state index in [9.17, 15) is 9.59 Å². The van der Waals surface area contributed by atoms with Crippen LogP contribution in [-0.4, -0.2) is 30.0 Å². The zero-order valence-corrected chi connectivity index (χ0v) is 20.3. The Kier molecular flexibility index (Phi) is 5.78. The van der Waals surface area contributed by atoms with Crippen molar-refractivity contribution in [1.82, 2.24) is 4.98 Å². The van der Waals surface area contributed by atoms with E-state index >= 15 is 0 Å². The summed E-state index contributed by atoms with van der Waals surface area (Å²) in [7, 11) is 0. The van der Waals surface area contributed by atoms with Crippen LogP contribution in [-0.2, 0) is 22.4 Å². The molecule has 178 valence electrons. The lowest BCUT2D eigenvalue weighted by Gasteiger charge is -2.18. The molecule has 0 bridgehead atoms. The smallest absolute Gasteiger partial charge is 0.339 e. The summed E-state index contributed by atoms with van der Waals surface area (Å²) >= 11 is 6.04. The molecule has 6 rings (SSSR count). The molecule has 0 saturated heterocycles. The average molecular weight is 495 g/mol. The van der Waals surface area contributed by atoms with E-state index in [0.29, 0.717) is 23.6 Å². The standard InChI is InChI=1S/C30H23ClN2O3/c31-22-12-9-19(10-13-22)17-21-11-14-24-28(23-6-2-3-7-25(23)32-29(21)24)30(35)36-18-27(34)33-16-15-20-5-1-4-8-26(20)33/h1-10,12-13,17H,11,14-16,18H2/b21-17+. The maximum Gasteiger partial charge on any atom is 0.339 e. The summed E-state index contributed by atoms with van der Waals surface area (Å²) in [6.45, 7) is 0.300. The fourth-order valence-corrected chi connectivity index (χ4v) is 5.27. The number of carbonyl (C=O) groups excluding carboxylic acids is 2. The topological polar surface area (TPSA) is 59.5 Å². The second-order valence-corrected chi connectivity index (χ2v) is 9.49. The van der Waals surface area contributed by atoms with Crippen molar-refractivity contribution in [3.63, 3.8) is 0 Å². The molecule has 0 saturated carbocycles. The van der Waals surface area contributed by atoms with E-state index < -0.39 is 5.97 Å². The highest BCUT2D eigenvalue weighted by Gasteiger charge is 2.29. The number of nitrogens with zero attached hydrogens (tertiary/aromatic N) is 2. The van der Waals surface area contributed by atoms with Gasteiger partial charge >= 0.3 is 5.97 Å². The van der Waals surface area contributed by atoms with Gasteiger partial charge in [-0.15, -0.1) is 0 Å². The maximum absolute atomic E-state index is 13.4. The van der Waals surface area contributed by atoms with Gasteiger partial charge in [0.1, 0.15) is 0 Å². The number of carbonyl (C=O) groups is 2. The number of benzene rings is 3. The Morgan fingerprint density at radius 3 is 2.58 bits per heavy atom. The Morgan fingerprint density at radius 1 is 0.944 bits per heavy atom. The first kappa shape index (κ1) is 22.5. The van der Waals surface area contributed by atoms with Gasteiger partial charge in [-0.1, -0.05) is 60.1 Å². The summed E-state index contributed by atoms with van der Waals surface area (Å²) in [4.78, 5) is 33.0. The second kappa shape index (κ2) is 9.25. The Labute approximate surface area is 214 Å². The molecule has 0 fully saturated rings. The summed E-state index contributed by atoms with van der Waals surface area (Å²) in [5.41, 5.74) is 7.04. The molecule has 0 spiro atoms. The Hall–Kier alpha value is -3.96. The van der Waals surface area contributed by atoms with Gasteiger partial charge in [0, 0.05) is 22.6 Å². The number of aromatic nitrogens is 1. The summed E-state index contributed by atoms with van der Waals surface area (Å²) in [6.07, 6.45) is 4.35. The molecular weight excluding hydrogens is 472 g/mol. The maximum atomic E-state index is 13.4. The van der Waals surface area contributed by atoms with Crippen molar-refractivity contribution in [1.29, 1.82) is 0 Å². The zero-order chi connectivity index (χ0) is 24.6. The fourth-order valence-electron chi connectivity index (χ4n) is 5.15. The van der Waals surface area contributed by atoms with Crippen LogP contribution in [0.25, 0.3) is 22.6 Å². The van der Waals surface area contributed by atoms with Crippen LogP contribution in [0.4, 0.5) is 5.69 Å². The molecule has 1 aliphatic heterocycles. The minimum absolute atomic E-state index is 0.216. The molecule has 4 aromatic rings. The quantitative estimate of drug-likeness (QED) is 0.321. The number of rotatable bonds is 4. The normalized spacial score (nSPS) is 15.2. The summed E-state index contributed by atoms with van der Waals surface area (Å²) < 4.78 is 5.63. The van der Waals surface area contributed by atoms with Gasteiger partial charge in [0.05, 0.1) is 16.8 Å². The summed E-state index contributed by atoms with van der Waals surface area (Å²) in [6, 6.07) is 23.1. The van der Waals surface area contributed by atoms with Crippen molar-refractivity contribution in [2.75, 3.05) is 18.1 Å². The molecule has 0 atom stereocenters. The summed E-state index contributed by atoms with van der Waals surface area (Å²) in [5, 5.41) is 1.43. The lowest BCUT2D eigenvalue weighted by atomic mass is 10.0. The predicted octanol–water partition coefficient (Wildman–Crippen LogP) is 6.12. The number of allylic oxidation sites excluding steroid dienone is 1. The highest BCUT2D eigenvalue weighted by Crippen LogP contribution is 2.38. The number of halogens is 1. The molecule has 0 N–H and O–H groups in total. The van der Waals surface area contributed by atoms with Gasteiger partial charge in [0.25, 0.3) is 5.91 Å². The second-order valence-electron chi connectivity index (χ2n) is 9.05. The number of ether oxygens (including phenoxy) is 1. The predicted molar refractivity (Wildman–Crippen MR) is 142 cm³/mol. The molecule has 1 aliphatic carbocycles. The first-order valence-electron chi connectivity index (χ1n) is 12.0. The van der Waals surface area contributed by atoms with Crippen LogP contribution in [0.5, 0.6) is 0 Å². The van der Waals surface area contributed by atoms with Crippen molar-refractivity contribution in [2.45, 2.75) is 19.3 Å². The molecule has 0 radical (unpaired) electrons. The number of hydrogen-bond acceptors (Lipinski definition) is 4. The van der Waals surface area contributed by atoms with Crippen LogP contribution in [0, 0.1) is 0 Å². The lowest BCUT2D eigenvalue weighted by molar-refractivity contribution is -0.121. The molecule has 0 unspecified atom stereocenters. The third kappa shape index (κ3) is 4.06. The largest absolute Gasteiger partial charge is 0.452 e. The van der Waals surface area contributed by atoms with E-state index in [1.807, 2.05) is 72.8 Å². The SMILES string of the molecule is O=C(OCC(=O)N1CCc2ccccc21)c1c2c(nc3ccccc13)/C(=C/c1ccc(Cl)cc1)CC2. The molecule has 6 heteroatoms. The number of fused-ring (bicyclic) bond motifs is 3. The highest BCUT2D eigenvalue weighted by atomic mass is 35.5. The van der Waals surface area contributed by atoms with E-state index in [4.69, 9.17) is 21.3 Å². The van der Waals surface area contributed by atoms with E-state index in [2.05, 4.69) is 6.08 Å². The van der Waals surface area contributed by atoms with Crippen molar-refractivity contribution < 1.29 is 14.3 Å². The first-order valence-corrected chi connectivity index (χ1v) is 12.4. The van der Waals surface area contributed by atoms with Gasteiger partial charge in [-0.2, -0.15) is 0 Å². The molecule has 2 heterocycles. The fraction of sp³-hybridized carbons (Fsp3) is 0.167. The highest BCUT2D eigenvalue weighted by molar-refractivity contribution is 6.30. The molecule has 36 heavy (non-hydrogen) atoms. The number of hydrogen-bond donors (Lipinski definition) is 0. The van der Waals surface area contributed by atoms with E-state index in [-0.39, 0.29) is 12.5 Å². The van der Waals surface area contributed by atoms with Gasteiger partial charge in [0.15, 0.2) is 6.61 Å². The zero-order valence-electron chi connectivity index (χ0n) is 19.5. The van der Waals surface area contributed by atoms with Crippen LogP contribution in [0.3, 0.4) is 0 Å². The van der Waals surface area contributed by atoms with Crippen LogP contribution in [0.1, 0.15) is 39.2 Å². The molecule has 1 amide bonds. The number of amides is 1. The Bertz CT molecular complexity index is 1540. The number of esters is 1. The van der Waals surface area contributed by atoms with E-state index in [1.54, 1.807) is 4.90 Å². The van der Waals surface area contributed by atoms with Crippen LogP contribution in [0.2, 0.25) is 5.02 Å². The minimum Gasteiger partial charge on any atom is -0.452 e. The number of pyridine rings is 1. The summed E-state index contributed by atoms with van der Waals surface area (Å²) in [5.74, 6) is -0.704. The van der Waals surface area contributed by atoms with Crippen molar-refractivity contribution in [3.05, 3.63) is 106 Å². The third-order valence-electron chi connectivity index (χ3n) is 6.87. The average Bonchev–Trinajstić information content (AvgIpc) is 3.51. The Balaban J connectivity index is 1.31. The van der Waals surface area contributed by atoms with Gasteiger partial charge in [-0.3, -0.25) is 4.79 Å². The van der Waals surface area contributed by atoms with Gasteiger partial charge in [-0.05, 0) is 71.9 Å². The van der Waals surface area contributed by atoms with Gasteiger partial charge in [0.2, 0.25) is 0 Å². The molecule has 2 aliphatic rings. The lowest BCUT2D eigenvalue weighted by Crippen LogP contribution is -2.33. The Morgan fingerprint density at radius 2 is 1.72 bits per heavy atom. The number of para-hydroxylation sites is 2. The van der Waals surface area contributed by atoms with Crippen molar-refractivity contribution >= 4 is 51.7 Å². The minimum atomic E-state index is -0.488. The number of anilines is 1. The van der Waals surface area contributed by atoms with Gasteiger partial charge < -0.3 is 9.64 Å². The molecule has 1 aromatic heterocycles. The molecule has 3 aromatic carbocycles. The van der Waals surface area contributed by atoms with Crippen molar-refractivity contribution in [2.24, 2.45) is 0 Å². The van der Waals surface area contributed by atoms with E-state index in [0.717, 1.165) is 57.4 Å².